The Bertz CT molecular complexity index is 1420. The molecule has 3 heterocycles. The van der Waals surface area contributed by atoms with E-state index in [9.17, 15) is 22.8 Å². The van der Waals surface area contributed by atoms with E-state index in [1.165, 1.54) is 23.7 Å². The van der Waals surface area contributed by atoms with E-state index in [0.717, 1.165) is 16.7 Å². The van der Waals surface area contributed by atoms with E-state index in [2.05, 4.69) is 4.98 Å². The van der Waals surface area contributed by atoms with Crippen LogP contribution in [0.4, 0.5) is 13.2 Å². The van der Waals surface area contributed by atoms with Crippen molar-refractivity contribution in [3.8, 4) is 5.69 Å². The zero-order chi connectivity index (χ0) is 22.7. The van der Waals surface area contributed by atoms with Gasteiger partial charge >= 0.3 is 11.9 Å². The second-order valence-electron chi connectivity index (χ2n) is 7.35. The number of aromatic nitrogens is 5. The van der Waals surface area contributed by atoms with Crippen molar-refractivity contribution in [3.05, 3.63) is 62.1 Å². The first-order chi connectivity index (χ1) is 14.6. The van der Waals surface area contributed by atoms with E-state index in [0.29, 0.717) is 22.9 Å². The molecule has 0 bridgehead atoms. The van der Waals surface area contributed by atoms with Gasteiger partial charge in [0.05, 0.1) is 5.56 Å². The quantitative estimate of drug-likeness (QED) is 0.532. The summed E-state index contributed by atoms with van der Waals surface area (Å²) in [6.45, 7) is 3.44. The van der Waals surface area contributed by atoms with Gasteiger partial charge in [-0.25, -0.2) is 4.79 Å². The molecule has 4 rings (SSSR count). The molecular weight excluding hydrogens is 415 g/mol. The molecule has 1 aromatic carbocycles. The number of imidazole rings is 2. The van der Waals surface area contributed by atoms with Crippen LogP contribution in [0.15, 0.2) is 33.9 Å². The van der Waals surface area contributed by atoms with Crippen molar-refractivity contribution >= 4 is 16.9 Å². The van der Waals surface area contributed by atoms with E-state index in [1.807, 2.05) is 0 Å². The highest BCUT2D eigenvalue weighted by atomic mass is 19.4. The Labute approximate surface area is 173 Å². The van der Waals surface area contributed by atoms with Gasteiger partial charge in [0.2, 0.25) is 5.78 Å². The zero-order valence-corrected chi connectivity index (χ0v) is 17.1. The third-order valence-electron chi connectivity index (χ3n) is 5.51. The third-order valence-corrected chi connectivity index (χ3v) is 5.51. The Morgan fingerprint density at radius 3 is 2.29 bits per heavy atom. The fourth-order valence-corrected chi connectivity index (χ4v) is 3.79. The fraction of sp³-hybridized carbons (Fsp3) is 0.350. The molecule has 0 unspecified atom stereocenters. The van der Waals surface area contributed by atoms with Crippen molar-refractivity contribution in [1.29, 1.82) is 0 Å². The molecule has 11 heteroatoms. The highest BCUT2D eigenvalue weighted by molar-refractivity contribution is 5.77. The average molecular weight is 435 g/mol. The Balaban J connectivity index is 2.04. The van der Waals surface area contributed by atoms with Crippen LogP contribution in [0.25, 0.3) is 22.6 Å². The topological polar surface area (TPSA) is 86.5 Å². The molecule has 8 nitrogen and oxygen atoms in total. The van der Waals surface area contributed by atoms with Crippen LogP contribution in [-0.4, -0.2) is 34.8 Å². The van der Waals surface area contributed by atoms with Crippen LogP contribution in [-0.2, 0) is 19.8 Å². The molecule has 0 amide bonds. The summed E-state index contributed by atoms with van der Waals surface area (Å²) in [4.78, 5) is 30.2. The van der Waals surface area contributed by atoms with Gasteiger partial charge in [0, 0.05) is 37.3 Å². The molecule has 4 aromatic rings. The van der Waals surface area contributed by atoms with E-state index in [4.69, 9.17) is 5.11 Å². The minimum Gasteiger partial charge on any atom is -0.396 e. The fourth-order valence-electron chi connectivity index (χ4n) is 3.79. The van der Waals surface area contributed by atoms with E-state index in [-0.39, 0.29) is 30.7 Å². The van der Waals surface area contributed by atoms with Gasteiger partial charge in [-0.05, 0) is 44.5 Å². The highest BCUT2D eigenvalue weighted by Gasteiger charge is 2.30. The monoisotopic (exact) mass is 435 g/mol. The lowest BCUT2D eigenvalue weighted by atomic mass is 10.2. The lowest BCUT2D eigenvalue weighted by Gasteiger charge is -2.10. The second kappa shape index (κ2) is 7.12. The van der Waals surface area contributed by atoms with Crippen molar-refractivity contribution in [3.63, 3.8) is 0 Å². The van der Waals surface area contributed by atoms with Crippen molar-refractivity contribution in [2.45, 2.75) is 33.0 Å². The van der Waals surface area contributed by atoms with Crippen molar-refractivity contribution in [2.75, 3.05) is 6.61 Å². The molecule has 0 radical (unpaired) electrons. The average Bonchev–Trinajstić information content (AvgIpc) is 3.22. The van der Waals surface area contributed by atoms with E-state index >= 15 is 0 Å². The number of rotatable bonds is 4. The van der Waals surface area contributed by atoms with Crippen LogP contribution < -0.4 is 11.2 Å². The Hall–Kier alpha value is -3.34. The van der Waals surface area contributed by atoms with Crippen LogP contribution >= 0.6 is 0 Å². The lowest BCUT2D eigenvalue weighted by molar-refractivity contribution is -0.137. The van der Waals surface area contributed by atoms with Gasteiger partial charge in [0.1, 0.15) is 0 Å². The summed E-state index contributed by atoms with van der Waals surface area (Å²) in [5.41, 5.74) is 0.325. The summed E-state index contributed by atoms with van der Waals surface area (Å²) in [6.07, 6.45) is -4.21. The van der Waals surface area contributed by atoms with Gasteiger partial charge in [-0.15, -0.1) is 0 Å². The smallest absolute Gasteiger partial charge is 0.396 e. The number of aliphatic hydroxyl groups is 1. The predicted octanol–water partition coefficient (Wildman–Crippen LogP) is 2.16. The predicted molar refractivity (Wildman–Crippen MR) is 108 cm³/mol. The maximum atomic E-state index is 13.1. The second-order valence-corrected chi connectivity index (χ2v) is 7.35. The van der Waals surface area contributed by atoms with Crippen molar-refractivity contribution < 1.29 is 18.3 Å². The molecular formula is C20H20F3N5O3. The third kappa shape index (κ3) is 3.07. The number of fused-ring (bicyclic) bond motifs is 3. The van der Waals surface area contributed by atoms with Gasteiger partial charge in [-0.2, -0.15) is 18.2 Å². The molecule has 0 saturated heterocycles. The number of nitrogens with zero attached hydrogens (tertiary/aromatic N) is 5. The molecule has 0 atom stereocenters. The molecule has 0 fully saturated rings. The summed E-state index contributed by atoms with van der Waals surface area (Å²) in [7, 11) is 1.50. The SMILES string of the molecule is Cc1c(C)n2c3c(=O)n(CCCO)c(=O)n(C)c3nc2n1-c1ccc(C(F)(F)F)cc1. The summed E-state index contributed by atoms with van der Waals surface area (Å²) >= 11 is 0. The van der Waals surface area contributed by atoms with Crippen LogP contribution in [0.2, 0.25) is 0 Å². The highest BCUT2D eigenvalue weighted by Crippen LogP contribution is 2.31. The minimum atomic E-state index is -4.45. The number of aryl methyl sites for hydroxylation is 2. The molecule has 1 N–H and O–H groups in total. The van der Waals surface area contributed by atoms with Gasteiger partial charge in [-0.3, -0.25) is 22.9 Å². The summed E-state index contributed by atoms with van der Waals surface area (Å²) in [6, 6.07) is 4.65. The summed E-state index contributed by atoms with van der Waals surface area (Å²) in [5, 5.41) is 9.09. The number of hydrogen-bond acceptors (Lipinski definition) is 4. The van der Waals surface area contributed by atoms with E-state index in [1.54, 1.807) is 22.8 Å². The van der Waals surface area contributed by atoms with Crippen LogP contribution in [0.1, 0.15) is 23.4 Å². The lowest BCUT2D eigenvalue weighted by Crippen LogP contribution is -2.39. The number of halogens is 3. The van der Waals surface area contributed by atoms with Gasteiger partial charge < -0.3 is 5.11 Å². The molecule has 164 valence electrons. The number of alkyl halides is 3. The maximum Gasteiger partial charge on any atom is 0.416 e. The summed E-state index contributed by atoms with van der Waals surface area (Å²) in [5.74, 6) is 0.316. The van der Waals surface area contributed by atoms with Gasteiger partial charge in [-0.1, -0.05) is 0 Å². The van der Waals surface area contributed by atoms with Crippen molar-refractivity contribution in [1.82, 2.24) is 23.1 Å². The normalized spacial score (nSPS) is 12.4. The van der Waals surface area contributed by atoms with Gasteiger partial charge in [0.25, 0.3) is 5.56 Å². The Morgan fingerprint density at radius 2 is 1.71 bits per heavy atom. The van der Waals surface area contributed by atoms with Gasteiger partial charge in [0.15, 0.2) is 11.2 Å². The molecule has 0 aliphatic rings. The standard InChI is InChI=1S/C20H20F3N5O3/c1-11-12(2)28-15-16(25(3)19(31)26(17(15)30)9-4-10-29)24-18(28)27(11)14-7-5-13(6-8-14)20(21,22)23/h5-8,29H,4,9-10H2,1-3H3. The molecule has 31 heavy (non-hydrogen) atoms. The maximum absolute atomic E-state index is 13.1. The molecule has 0 aliphatic carbocycles. The van der Waals surface area contributed by atoms with Crippen LogP contribution in [0.5, 0.6) is 0 Å². The van der Waals surface area contributed by atoms with E-state index < -0.39 is 23.0 Å². The first-order valence-electron chi connectivity index (χ1n) is 9.56. The molecule has 3 aromatic heterocycles. The Kier molecular flexibility index (Phi) is 4.80. The largest absolute Gasteiger partial charge is 0.416 e. The number of hydrogen-bond donors (Lipinski definition) is 1. The zero-order valence-electron chi connectivity index (χ0n) is 17.1. The first kappa shape index (κ1) is 20.9. The number of aliphatic hydroxyl groups excluding tert-OH is 1. The first-order valence-corrected chi connectivity index (χ1v) is 9.56. The van der Waals surface area contributed by atoms with Crippen LogP contribution in [0, 0.1) is 13.8 Å². The molecule has 0 saturated carbocycles. The molecule has 0 spiro atoms. The molecule has 0 aliphatic heterocycles. The van der Waals surface area contributed by atoms with Crippen LogP contribution in [0.3, 0.4) is 0 Å². The minimum absolute atomic E-state index is 0.0584. The number of benzene rings is 1. The van der Waals surface area contributed by atoms with Crippen molar-refractivity contribution in [2.24, 2.45) is 7.05 Å². The Morgan fingerprint density at radius 1 is 1.06 bits per heavy atom. The summed E-state index contributed by atoms with van der Waals surface area (Å²) < 4.78 is 44.4.